The number of anilines is 2. The second-order valence-corrected chi connectivity index (χ2v) is 3.96. The molecule has 94 valence electrons. The molecule has 0 aromatic carbocycles. The Kier molecular flexibility index (Phi) is 4.68. The first-order valence-corrected chi connectivity index (χ1v) is 5.62. The summed E-state index contributed by atoms with van der Waals surface area (Å²) < 4.78 is 0. The van der Waals surface area contributed by atoms with Crippen LogP contribution in [0.2, 0.25) is 0 Å². The van der Waals surface area contributed by atoms with Crippen molar-refractivity contribution < 1.29 is 0 Å². The Labute approximate surface area is 102 Å². The SMILES string of the molecule is CCN(CCC(=N)N)c1ccnc(N(C)C)n1. The first-order chi connectivity index (χ1) is 8.04. The minimum Gasteiger partial charge on any atom is -0.388 e. The topological polar surface area (TPSA) is 82.1 Å². The van der Waals surface area contributed by atoms with Gasteiger partial charge in [-0.1, -0.05) is 0 Å². The summed E-state index contributed by atoms with van der Waals surface area (Å²) in [5.41, 5.74) is 5.37. The predicted octanol–water partition coefficient (Wildman–Crippen LogP) is 0.695. The number of hydrogen-bond donors (Lipinski definition) is 2. The Morgan fingerprint density at radius 3 is 2.71 bits per heavy atom. The van der Waals surface area contributed by atoms with Gasteiger partial charge in [0.1, 0.15) is 5.82 Å². The minimum absolute atomic E-state index is 0.199. The number of nitrogens with two attached hydrogens (primary N) is 1. The van der Waals surface area contributed by atoms with Crippen molar-refractivity contribution in [3.63, 3.8) is 0 Å². The third-order valence-corrected chi connectivity index (χ3v) is 2.38. The Bertz CT molecular complexity index is 376. The maximum atomic E-state index is 7.25. The molecule has 6 nitrogen and oxygen atoms in total. The number of hydrogen-bond acceptors (Lipinski definition) is 5. The van der Waals surface area contributed by atoms with E-state index < -0.39 is 0 Å². The molecule has 0 saturated heterocycles. The average Bonchev–Trinajstić information content (AvgIpc) is 2.30. The van der Waals surface area contributed by atoms with Crippen LogP contribution >= 0.6 is 0 Å². The van der Waals surface area contributed by atoms with Gasteiger partial charge in [-0.15, -0.1) is 0 Å². The summed E-state index contributed by atoms with van der Waals surface area (Å²) in [6.45, 7) is 3.59. The highest BCUT2D eigenvalue weighted by atomic mass is 15.3. The van der Waals surface area contributed by atoms with Gasteiger partial charge in [0, 0.05) is 39.8 Å². The minimum atomic E-state index is 0.199. The fraction of sp³-hybridized carbons (Fsp3) is 0.545. The number of aromatic nitrogens is 2. The summed E-state index contributed by atoms with van der Waals surface area (Å²) in [7, 11) is 3.82. The zero-order chi connectivity index (χ0) is 12.8. The highest BCUT2D eigenvalue weighted by molar-refractivity contribution is 5.77. The van der Waals surface area contributed by atoms with Crippen molar-refractivity contribution >= 4 is 17.6 Å². The van der Waals surface area contributed by atoms with Crippen molar-refractivity contribution in [2.75, 3.05) is 37.0 Å². The van der Waals surface area contributed by atoms with Crippen molar-refractivity contribution in [2.45, 2.75) is 13.3 Å². The van der Waals surface area contributed by atoms with Gasteiger partial charge in [-0.05, 0) is 13.0 Å². The molecule has 0 bridgehead atoms. The Morgan fingerprint density at radius 1 is 1.47 bits per heavy atom. The molecule has 0 amide bonds. The molecule has 0 fully saturated rings. The second-order valence-electron chi connectivity index (χ2n) is 3.96. The molecule has 0 aliphatic heterocycles. The molecule has 6 heteroatoms. The van der Waals surface area contributed by atoms with E-state index in [1.54, 1.807) is 6.20 Å². The van der Waals surface area contributed by atoms with Crippen LogP contribution in [-0.4, -0.2) is 43.0 Å². The van der Waals surface area contributed by atoms with E-state index in [9.17, 15) is 0 Å². The van der Waals surface area contributed by atoms with Crippen LogP contribution in [0, 0.1) is 5.41 Å². The zero-order valence-electron chi connectivity index (χ0n) is 10.6. The molecule has 0 radical (unpaired) electrons. The van der Waals surface area contributed by atoms with Gasteiger partial charge in [0.05, 0.1) is 5.84 Å². The molecular weight excluding hydrogens is 216 g/mol. The van der Waals surface area contributed by atoms with Crippen LogP contribution < -0.4 is 15.5 Å². The van der Waals surface area contributed by atoms with Crippen LogP contribution in [0.1, 0.15) is 13.3 Å². The van der Waals surface area contributed by atoms with Crippen LogP contribution in [0.5, 0.6) is 0 Å². The highest BCUT2D eigenvalue weighted by Gasteiger charge is 2.08. The van der Waals surface area contributed by atoms with E-state index >= 15 is 0 Å². The van der Waals surface area contributed by atoms with Crippen LogP contribution in [0.4, 0.5) is 11.8 Å². The molecule has 0 aliphatic rings. The first kappa shape index (κ1) is 13.2. The molecule has 0 spiro atoms. The summed E-state index contributed by atoms with van der Waals surface area (Å²) in [5, 5.41) is 7.25. The molecule has 3 N–H and O–H groups in total. The molecule has 1 heterocycles. The Hall–Kier alpha value is -1.85. The predicted molar refractivity (Wildman–Crippen MR) is 70.8 cm³/mol. The van der Waals surface area contributed by atoms with Crippen LogP contribution in [-0.2, 0) is 0 Å². The van der Waals surface area contributed by atoms with Gasteiger partial charge in [-0.25, -0.2) is 4.98 Å². The molecule has 0 saturated carbocycles. The summed E-state index contributed by atoms with van der Waals surface area (Å²) in [6.07, 6.45) is 2.29. The van der Waals surface area contributed by atoms with Gasteiger partial charge in [-0.2, -0.15) is 4.98 Å². The second kappa shape index (κ2) is 6.03. The van der Waals surface area contributed by atoms with Crippen LogP contribution in [0.3, 0.4) is 0 Å². The first-order valence-electron chi connectivity index (χ1n) is 5.62. The molecular formula is C11H20N6. The summed E-state index contributed by atoms with van der Waals surface area (Å²) in [6, 6.07) is 1.87. The van der Waals surface area contributed by atoms with Crippen molar-refractivity contribution in [1.29, 1.82) is 5.41 Å². The van der Waals surface area contributed by atoms with E-state index in [1.807, 2.05) is 25.1 Å². The maximum Gasteiger partial charge on any atom is 0.226 e. The van der Waals surface area contributed by atoms with Gasteiger partial charge in [0.15, 0.2) is 0 Å². The molecule has 1 rings (SSSR count). The average molecular weight is 236 g/mol. The van der Waals surface area contributed by atoms with Gasteiger partial charge < -0.3 is 15.5 Å². The lowest BCUT2D eigenvalue weighted by Crippen LogP contribution is -2.28. The van der Waals surface area contributed by atoms with Crippen LogP contribution in [0.25, 0.3) is 0 Å². The third kappa shape index (κ3) is 3.90. The lowest BCUT2D eigenvalue weighted by atomic mass is 10.3. The lowest BCUT2D eigenvalue weighted by Gasteiger charge is -2.22. The largest absolute Gasteiger partial charge is 0.388 e. The van der Waals surface area contributed by atoms with Gasteiger partial charge in [-0.3, -0.25) is 5.41 Å². The zero-order valence-corrected chi connectivity index (χ0v) is 10.6. The monoisotopic (exact) mass is 236 g/mol. The summed E-state index contributed by atoms with van der Waals surface area (Å²) >= 11 is 0. The maximum absolute atomic E-state index is 7.25. The summed E-state index contributed by atoms with van der Waals surface area (Å²) in [4.78, 5) is 12.6. The van der Waals surface area contributed by atoms with Crippen LogP contribution in [0.15, 0.2) is 12.3 Å². The molecule has 1 aromatic heterocycles. The van der Waals surface area contributed by atoms with Crippen molar-refractivity contribution in [3.8, 4) is 0 Å². The van der Waals surface area contributed by atoms with Crippen molar-refractivity contribution in [1.82, 2.24) is 9.97 Å². The molecule has 0 atom stereocenters. The number of nitrogens with one attached hydrogen (secondary N) is 1. The number of amidine groups is 1. The van der Waals surface area contributed by atoms with Gasteiger partial charge in [0.25, 0.3) is 0 Å². The standard InChI is InChI=1S/C11H20N6/c1-4-17(8-6-9(12)13)10-5-7-14-11(15-10)16(2)3/h5,7H,4,6,8H2,1-3H3,(H3,12,13). The Balaban J connectivity index is 2.80. The van der Waals surface area contributed by atoms with Gasteiger partial charge in [0.2, 0.25) is 5.95 Å². The number of nitrogens with zero attached hydrogens (tertiary/aromatic N) is 4. The van der Waals surface area contributed by atoms with Gasteiger partial charge >= 0.3 is 0 Å². The molecule has 1 aromatic rings. The summed E-state index contributed by atoms with van der Waals surface area (Å²) in [5.74, 6) is 1.75. The highest BCUT2D eigenvalue weighted by Crippen LogP contribution is 2.13. The van der Waals surface area contributed by atoms with E-state index in [0.29, 0.717) is 18.9 Å². The van der Waals surface area contributed by atoms with E-state index in [2.05, 4.69) is 21.8 Å². The normalized spacial score (nSPS) is 10.1. The van der Waals surface area contributed by atoms with E-state index in [0.717, 1.165) is 12.4 Å². The Morgan fingerprint density at radius 2 is 2.18 bits per heavy atom. The van der Waals surface area contributed by atoms with E-state index in [1.165, 1.54) is 0 Å². The number of rotatable bonds is 6. The lowest BCUT2D eigenvalue weighted by molar-refractivity contribution is 0.808. The quantitative estimate of drug-likeness (QED) is 0.561. The molecule has 17 heavy (non-hydrogen) atoms. The van der Waals surface area contributed by atoms with Crippen molar-refractivity contribution in [3.05, 3.63) is 12.3 Å². The molecule has 0 unspecified atom stereocenters. The molecule has 0 aliphatic carbocycles. The van der Waals surface area contributed by atoms with Crippen molar-refractivity contribution in [2.24, 2.45) is 5.73 Å². The fourth-order valence-corrected chi connectivity index (χ4v) is 1.42. The smallest absolute Gasteiger partial charge is 0.226 e. The fourth-order valence-electron chi connectivity index (χ4n) is 1.42. The van der Waals surface area contributed by atoms with E-state index in [4.69, 9.17) is 11.1 Å². The van der Waals surface area contributed by atoms with E-state index in [-0.39, 0.29) is 5.84 Å². The third-order valence-electron chi connectivity index (χ3n) is 2.38.